The molecule has 1 saturated heterocycles. The van der Waals surface area contributed by atoms with Crippen molar-refractivity contribution < 1.29 is 40.1 Å². The Hall–Kier alpha value is -2.78. The molecule has 0 aliphatic carbocycles. The van der Waals surface area contributed by atoms with Crippen LogP contribution in [0.5, 0.6) is 5.75 Å². The number of nitrogens with zero attached hydrogens (tertiary/aromatic N) is 4. The summed E-state index contributed by atoms with van der Waals surface area (Å²) >= 11 is 0. The lowest BCUT2D eigenvalue weighted by Crippen LogP contribution is -2.57. The van der Waals surface area contributed by atoms with Crippen molar-refractivity contribution in [1.29, 1.82) is 0 Å². The van der Waals surface area contributed by atoms with E-state index in [-0.39, 0.29) is 5.75 Å². The van der Waals surface area contributed by atoms with E-state index in [0.29, 0.717) is 11.7 Å². The molecule has 1 fully saturated rings. The number of amidine groups is 1. The van der Waals surface area contributed by atoms with Crippen molar-refractivity contribution in [3.8, 4) is 5.75 Å². The second-order valence-corrected chi connectivity index (χ2v) is 8.28. The average molecular weight is 479 g/mol. The first-order valence-electron chi connectivity index (χ1n) is 10.7. The summed E-state index contributed by atoms with van der Waals surface area (Å²) in [7, 11) is 1.87. The van der Waals surface area contributed by atoms with Crippen LogP contribution in [0.25, 0.3) is 0 Å². The smallest absolute Gasteiger partial charge is 0.224 e. The highest BCUT2D eigenvalue weighted by Crippen LogP contribution is 2.35. The average Bonchev–Trinajstić information content (AvgIpc) is 3.35. The van der Waals surface area contributed by atoms with Gasteiger partial charge in [0.15, 0.2) is 11.6 Å². The van der Waals surface area contributed by atoms with Crippen LogP contribution in [0.3, 0.4) is 0 Å². The molecule has 4 rings (SSSR count). The Labute approximate surface area is 195 Å². The number of rotatable bonds is 8. The molecule has 2 aliphatic heterocycles. The molecule has 186 valence electrons. The van der Waals surface area contributed by atoms with Gasteiger partial charge in [-0.25, -0.2) is 9.67 Å². The summed E-state index contributed by atoms with van der Waals surface area (Å²) in [5.74, 6) is -1.38. The first-order valence-corrected chi connectivity index (χ1v) is 10.7. The number of benzene rings is 1. The summed E-state index contributed by atoms with van der Waals surface area (Å²) in [4.78, 5) is 6.51. The topological polar surface area (TPSA) is 185 Å². The van der Waals surface area contributed by atoms with Gasteiger partial charge in [-0.15, -0.1) is 0 Å². The molecule has 2 aromatic rings. The van der Waals surface area contributed by atoms with Gasteiger partial charge in [-0.2, -0.15) is 5.10 Å². The predicted molar refractivity (Wildman–Crippen MR) is 119 cm³/mol. The molecule has 13 heteroatoms. The first-order chi connectivity index (χ1) is 16.2. The van der Waals surface area contributed by atoms with Crippen LogP contribution >= 0.6 is 0 Å². The van der Waals surface area contributed by atoms with Gasteiger partial charge in [-0.3, -0.25) is 0 Å². The molecule has 7 atom stereocenters. The zero-order valence-electron chi connectivity index (χ0n) is 18.6. The van der Waals surface area contributed by atoms with E-state index in [1.807, 2.05) is 42.3 Å². The minimum atomic E-state index is -2.70. The zero-order valence-corrected chi connectivity index (χ0v) is 18.6. The summed E-state index contributed by atoms with van der Waals surface area (Å²) in [5.41, 5.74) is 0.917. The highest BCUT2D eigenvalue weighted by Gasteiger charge is 2.58. The number of para-hydroxylation sites is 1. The fraction of sp³-hybridized carbons (Fsp3) is 0.524. The third-order valence-electron chi connectivity index (χ3n) is 5.95. The summed E-state index contributed by atoms with van der Waals surface area (Å²) in [6.45, 7) is 0.574. The Morgan fingerprint density at radius 2 is 1.97 bits per heavy atom. The molecule has 13 nitrogen and oxygen atoms in total. The molecule has 7 N–H and O–H groups in total. The Morgan fingerprint density at radius 1 is 1.26 bits per heavy atom. The van der Waals surface area contributed by atoms with Crippen molar-refractivity contribution >= 4 is 17.3 Å². The number of aromatic nitrogens is 2. The number of hydrogen-bond acceptors (Lipinski definition) is 12. The molecule has 2 aliphatic rings. The van der Waals surface area contributed by atoms with Crippen molar-refractivity contribution in [2.75, 3.05) is 30.5 Å². The van der Waals surface area contributed by atoms with Crippen molar-refractivity contribution in [3.63, 3.8) is 0 Å². The van der Waals surface area contributed by atoms with Gasteiger partial charge in [0.25, 0.3) is 0 Å². The molecular weight excluding hydrogens is 450 g/mol. The van der Waals surface area contributed by atoms with E-state index >= 15 is 0 Å². The molecule has 6 unspecified atom stereocenters. The number of ether oxygens (including phenoxy) is 2. The van der Waals surface area contributed by atoms with E-state index in [0.717, 1.165) is 5.69 Å². The Balaban J connectivity index is 1.47. The van der Waals surface area contributed by atoms with Crippen LogP contribution in [-0.2, 0) is 4.74 Å². The lowest BCUT2D eigenvalue weighted by Gasteiger charge is -2.33. The molecule has 1 aromatic heterocycles. The van der Waals surface area contributed by atoms with Crippen molar-refractivity contribution in [1.82, 2.24) is 9.78 Å². The van der Waals surface area contributed by atoms with Gasteiger partial charge in [0, 0.05) is 12.7 Å². The Morgan fingerprint density at radius 3 is 2.62 bits per heavy atom. The van der Waals surface area contributed by atoms with Crippen LogP contribution in [0.4, 0.5) is 11.5 Å². The van der Waals surface area contributed by atoms with Gasteiger partial charge in [0.05, 0.1) is 12.8 Å². The van der Waals surface area contributed by atoms with Crippen LogP contribution in [0.15, 0.2) is 41.5 Å². The summed E-state index contributed by atoms with van der Waals surface area (Å²) in [6.07, 6.45) is -7.78. The number of anilines is 2. The van der Waals surface area contributed by atoms with Crippen molar-refractivity contribution in [3.05, 3.63) is 36.5 Å². The van der Waals surface area contributed by atoms with Crippen molar-refractivity contribution in [2.24, 2.45) is 4.99 Å². The third-order valence-corrected chi connectivity index (χ3v) is 5.95. The maximum Gasteiger partial charge on any atom is 0.224 e. The fourth-order valence-corrected chi connectivity index (χ4v) is 3.99. The lowest BCUT2D eigenvalue weighted by molar-refractivity contribution is -0.294. The highest BCUT2D eigenvalue weighted by atomic mass is 16.7. The zero-order chi connectivity index (χ0) is 24.6. The molecule has 0 spiro atoms. The van der Waals surface area contributed by atoms with Gasteiger partial charge in [0.1, 0.15) is 43.0 Å². The monoisotopic (exact) mass is 479 g/mol. The lowest BCUT2D eigenvalue weighted by atomic mass is 9.97. The second kappa shape index (κ2) is 9.46. The number of aliphatic imine (C=N–C) groups is 1. The Bertz CT molecular complexity index is 1020. The fourth-order valence-electron chi connectivity index (χ4n) is 3.99. The SMILES string of the molecule is CC1=NC(N(C)c2ccccc2)n2ncc(OCC(O)C(O)[C@@]3(O)OC(CO)C(O)C3O)c2N1. The molecule has 0 amide bonds. The maximum atomic E-state index is 10.5. The normalized spacial score (nSPS) is 30.2. The molecular formula is C21H29N5O8. The molecule has 1 aromatic carbocycles. The third kappa shape index (κ3) is 4.22. The van der Waals surface area contributed by atoms with E-state index in [1.54, 1.807) is 11.6 Å². The Kier molecular flexibility index (Phi) is 6.78. The maximum absolute atomic E-state index is 10.5. The van der Waals surface area contributed by atoms with E-state index in [2.05, 4.69) is 15.4 Å². The quantitative estimate of drug-likeness (QED) is 0.227. The number of aliphatic hydroxyl groups is 6. The summed E-state index contributed by atoms with van der Waals surface area (Å²) in [5, 5.41) is 67.8. The van der Waals surface area contributed by atoms with Crippen LogP contribution in [0.1, 0.15) is 13.2 Å². The van der Waals surface area contributed by atoms with E-state index in [1.165, 1.54) is 6.20 Å². The minimum Gasteiger partial charge on any atom is -0.485 e. The second-order valence-electron chi connectivity index (χ2n) is 8.28. The standard InChI is InChI=1S/C21H29N5O8/c1-11-23-19-14(8-22-26(19)20(24-11)25(2)12-6-4-3-5-7-12)33-10-13(28)17(30)21(32)18(31)16(29)15(9-27)34-21/h3-8,13,15-18,20,27-32H,9-10H2,1-2H3,(H,23,24)/t13?,15?,16?,17?,18?,20?,21-/m1/s1. The van der Waals surface area contributed by atoms with Crippen LogP contribution in [0.2, 0.25) is 0 Å². The van der Waals surface area contributed by atoms with E-state index in [9.17, 15) is 30.6 Å². The van der Waals surface area contributed by atoms with Gasteiger partial charge < -0.3 is 50.3 Å². The molecule has 3 heterocycles. The molecule has 0 saturated carbocycles. The van der Waals surface area contributed by atoms with Gasteiger partial charge in [-0.1, -0.05) is 18.2 Å². The first kappa shape index (κ1) is 24.3. The molecule has 34 heavy (non-hydrogen) atoms. The van der Waals surface area contributed by atoms with Crippen LogP contribution in [0, 0.1) is 0 Å². The number of hydrogen-bond donors (Lipinski definition) is 7. The minimum absolute atomic E-state index is 0.250. The highest BCUT2D eigenvalue weighted by molar-refractivity contribution is 5.95. The van der Waals surface area contributed by atoms with Gasteiger partial charge >= 0.3 is 0 Å². The van der Waals surface area contributed by atoms with Crippen LogP contribution < -0.4 is 15.0 Å². The van der Waals surface area contributed by atoms with E-state index in [4.69, 9.17) is 9.47 Å². The molecule has 0 bridgehead atoms. The van der Waals surface area contributed by atoms with Crippen molar-refractivity contribution in [2.45, 2.75) is 49.5 Å². The number of fused-ring (bicyclic) bond motifs is 1. The molecule has 0 radical (unpaired) electrons. The summed E-state index contributed by atoms with van der Waals surface area (Å²) in [6, 6.07) is 9.61. The van der Waals surface area contributed by atoms with Gasteiger partial charge in [0.2, 0.25) is 12.1 Å². The van der Waals surface area contributed by atoms with Gasteiger partial charge in [-0.05, 0) is 19.1 Å². The predicted octanol–water partition coefficient (Wildman–Crippen LogP) is -1.78. The largest absolute Gasteiger partial charge is 0.485 e. The number of nitrogens with one attached hydrogen (secondary N) is 1. The summed E-state index contributed by atoms with van der Waals surface area (Å²) < 4.78 is 12.3. The number of aliphatic hydroxyl groups excluding tert-OH is 5. The van der Waals surface area contributed by atoms with E-state index < -0.39 is 55.8 Å². The van der Waals surface area contributed by atoms with Crippen LogP contribution in [-0.4, -0.2) is 103 Å².